The molecule has 6 heteroatoms. The van der Waals surface area contributed by atoms with Crippen molar-refractivity contribution < 1.29 is 9.53 Å². The first-order chi connectivity index (χ1) is 15.2. The maximum absolute atomic E-state index is 12.4. The third kappa shape index (κ3) is 5.65. The fraction of sp³-hybridized carbons (Fsp3) is 0.240. The number of aromatic nitrogens is 1. The van der Waals surface area contributed by atoms with Crippen LogP contribution in [0.3, 0.4) is 0 Å². The molecule has 1 amide bonds. The molecule has 156 valence electrons. The van der Waals surface area contributed by atoms with Crippen LogP contribution in [0.1, 0.15) is 36.1 Å². The first-order valence-electron chi connectivity index (χ1n) is 10.4. The lowest BCUT2D eigenvalue weighted by atomic mass is 10.1. The van der Waals surface area contributed by atoms with Gasteiger partial charge in [-0.25, -0.2) is 4.98 Å². The highest BCUT2D eigenvalue weighted by Crippen LogP contribution is 2.27. The van der Waals surface area contributed by atoms with Crippen molar-refractivity contribution in [3.05, 3.63) is 77.5 Å². The van der Waals surface area contributed by atoms with Crippen molar-refractivity contribution in [2.24, 2.45) is 0 Å². The van der Waals surface area contributed by atoms with Gasteiger partial charge in [0, 0.05) is 11.4 Å². The Morgan fingerprint density at radius 3 is 2.55 bits per heavy atom. The van der Waals surface area contributed by atoms with E-state index in [0.29, 0.717) is 22.0 Å². The molecule has 5 nitrogen and oxygen atoms in total. The van der Waals surface area contributed by atoms with E-state index in [4.69, 9.17) is 9.72 Å². The number of nitrogens with zero attached hydrogens (tertiary/aromatic N) is 2. The summed E-state index contributed by atoms with van der Waals surface area (Å²) in [5.41, 5.74) is 3.51. The van der Waals surface area contributed by atoms with Crippen molar-refractivity contribution in [2.45, 2.75) is 37.1 Å². The highest BCUT2D eigenvalue weighted by Gasteiger charge is 2.15. The molecule has 1 N–H and O–H groups in total. The number of amides is 1. The van der Waals surface area contributed by atoms with Crippen LogP contribution in [-0.4, -0.2) is 16.6 Å². The van der Waals surface area contributed by atoms with Crippen molar-refractivity contribution in [2.75, 3.05) is 11.1 Å². The van der Waals surface area contributed by atoms with Gasteiger partial charge in [-0.05, 0) is 73.7 Å². The third-order valence-corrected chi connectivity index (χ3v) is 6.08. The van der Waals surface area contributed by atoms with Crippen LogP contribution in [0.5, 0.6) is 11.5 Å². The van der Waals surface area contributed by atoms with Crippen molar-refractivity contribution >= 4 is 23.4 Å². The number of carbonyl (C=O) groups excluding carboxylic acids is 1. The van der Waals surface area contributed by atoms with Gasteiger partial charge in [-0.2, -0.15) is 5.26 Å². The standard InChI is InChI=1S/C25H23N3O2S/c26-16-19-15-18-7-3-1-6-10-23(18)28-25(19)31-17-24(29)27-20-11-13-22(14-12-20)30-21-8-4-2-5-9-21/h2,4-5,8-9,11-15H,1,3,6-7,10,17H2,(H,27,29). The maximum atomic E-state index is 12.4. The predicted octanol–water partition coefficient (Wildman–Crippen LogP) is 5.75. The van der Waals surface area contributed by atoms with Crippen LogP contribution >= 0.6 is 11.8 Å². The SMILES string of the molecule is N#Cc1cc2c(nc1SCC(=O)Nc1ccc(Oc3ccccc3)cc1)CCCCC2. The molecule has 0 saturated carbocycles. The number of anilines is 1. The third-order valence-electron chi connectivity index (χ3n) is 5.09. The number of pyridine rings is 1. The number of hydrogen-bond acceptors (Lipinski definition) is 5. The molecule has 0 unspecified atom stereocenters. The Kier molecular flexibility index (Phi) is 6.85. The van der Waals surface area contributed by atoms with E-state index in [1.54, 1.807) is 0 Å². The molecule has 0 aliphatic heterocycles. The minimum atomic E-state index is -0.137. The van der Waals surface area contributed by atoms with Crippen LogP contribution in [0.25, 0.3) is 0 Å². The van der Waals surface area contributed by atoms with Gasteiger partial charge in [0.25, 0.3) is 0 Å². The van der Waals surface area contributed by atoms with E-state index in [0.717, 1.165) is 37.1 Å². The zero-order valence-corrected chi connectivity index (χ0v) is 18.0. The molecule has 31 heavy (non-hydrogen) atoms. The van der Waals surface area contributed by atoms with E-state index in [9.17, 15) is 10.1 Å². The number of aryl methyl sites for hydroxylation is 2. The average molecular weight is 430 g/mol. The smallest absolute Gasteiger partial charge is 0.234 e. The number of nitriles is 1. The summed E-state index contributed by atoms with van der Waals surface area (Å²) in [6.45, 7) is 0. The molecule has 1 aromatic heterocycles. The second kappa shape index (κ2) is 10.1. The number of thioether (sulfide) groups is 1. The van der Waals surface area contributed by atoms with E-state index in [-0.39, 0.29) is 11.7 Å². The zero-order chi connectivity index (χ0) is 21.5. The number of fused-ring (bicyclic) bond motifs is 1. The molecule has 4 rings (SSSR count). The van der Waals surface area contributed by atoms with Crippen molar-refractivity contribution in [3.63, 3.8) is 0 Å². The Balaban J connectivity index is 1.35. The number of rotatable bonds is 6. The number of nitrogens with one attached hydrogen (secondary N) is 1. The van der Waals surface area contributed by atoms with Gasteiger partial charge in [0.05, 0.1) is 11.3 Å². The Bertz CT molecular complexity index is 1090. The summed E-state index contributed by atoms with van der Waals surface area (Å²) in [5, 5.41) is 13.0. The maximum Gasteiger partial charge on any atom is 0.234 e. The lowest BCUT2D eigenvalue weighted by Crippen LogP contribution is -2.14. The summed E-state index contributed by atoms with van der Waals surface area (Å²) < 4.78 is 5.77. The highest BCUT2D eigenvalue weighted by atomic mass is 32.2. The second-order valence-electron chi connectivity index (χ2n) is 7.40. The molecule has 0 atom stereocenters. The van der Waals surface area contributed by atoms with Gasteiger partial charge in [-0.15, -0.1) is 0 Å². The first kappa shape index (κ1) is 21.0. The summed E-state index contributed by atoms with van der Waals surface area (Å²) in [4.78, 5) is 17.1. The molecule has 1 heterocycles. The van der Waals surface area contributed by atoms with Gasteiger partial charge in [0.2, 0.25) is 5.91 Å². The quantitative estimate of drug-likeness (QED) is 0.399. The van der Waals surface area contributed by atoms with Gasteiger partial charge in [0.15, 0.2) is 0 Å². The fourth-order valence-corrected chi connectivity index (χ4v) is 4.32. The number of ether oxygens (including phenoxy) is 1. The normalized spacial score (nSPS) is 12.9. The summed E-state index contributed by atoms with van der Waals surface area (Å²) in [6, 6.07) is 21.0. The molecule has 0 bridgehead atoms. The second-order valence-corrected chi connectivity index (χ2v) is 8.36. The Morgan fingerprint density at radius 1 is 1.03 bits per heavy atom. The van der Waals surface area contributed by atoms with E-state index in [1.165, 1.54) is 23.7 Å². The summed E-state index contributed by atoms with van der Waals surface area (Å²) >= 11 is 1.31. The lowest BCUT2D eigenvalue weighted by Gasteiger charge is -2.10. The zero-order valence-electron chi connectivity index (χ0n) is 17.1. The van der Waals surface area contributed by atoms with E-state index in [1.807, 2.05) is 60.7 Å². The molecule has 0 saturated heterocycles. The first-order valence-corrected chi connectivity index (χ1v) is 11.4. The van der Waals surface area contributed by atoms with E-state index >= 15 is 0 Å². The molecular formula is C25H23N3O2S. The molecule has 3 aromatic rings. The molecule has 1 aliphatic rings. The van der Waals surface area contributed by atoms with Gasteiger partial charge < -0.3 is 10.1 Å². The Morgan fingerprint density at radius 2 is 1.77 bits per heavy atom. The van der Waals surface area contributed by atoms with Crippen LogP contribution in [-0.2, 0) is 17.6 Å². The summed E-state index contributed by atoms with van der Waals surface area (Å²) in [5.74, 6) is 1.52. The van der Waals surface area contributed by atoms with Gasteiger partial charge in [-0.3, -0.25) is 4.79 Å². The van der Waals surface area contributed by atoms with Crippen molar-refractivity contribution in [3.8, 4) is 17.6 Å². The van der Waals surface area contributed by atoms with Gasteiger partial charge in [-0.1, -0.05) is 36.4 Å². The molecular weight excluding hydrogens is 406 g/mol. The minimum Gasteiger partial charge on any atom is -0.457 e. The van der Waals surface area contributed by atoms with E-state index in [2.05, 4.69) is 11.4 Å². The molecule has 0 radical (unpaired) electrons. The monoisotopic (exact) mass is 429 g/mol. The van der Waals surface area contributed by atoms with Crippen LogP contribution in [0, 0.1) is 11.3 Å². The average Bonchev–Trinajstić information content (AvgIpc) is 3.04. The molecule has 2 aromatic carbocycles. The largest absolute Gasteiger partial charge is 0.457 e. The van der Waals surface area contributed by atoms with Crippen LogP contribution in [0.4, 0.5) is 5.69 Å². The van der Waals surface area contributed by atoms with Crippen LogP contribution in [0.2, 0.25) is 0 Å². The number of carbonyl (C=O) groups is 1. The summed E-state index contributed by atoms with van der Waals surface area (Å²) in [7, 11) is 0. The number of hydrogen-bond donors (Lipinski definition) is 1. The van der Waals surface area contributed by atoms with Crippen molar-refractivity contribution in [1.82, 2.24) is 4.98 Å². The summed E-state index contributed by atoms with van der Waals surface area (Å²) in [6.07, 6.45) is 5.38. The lowest BCUT2D eigenvalue weighted by molar-refractivity contribution is -0.113. The Hall–Kier alpha value is -3.30. The predicted molar refractivity (Wildman–Crippen MR) is 123 cm³/mol. The van der Waals surface area contributed by atoms with Crippen LogP contribution < -0.4 is 10.1 Å². The van der Waals surface area contributed by atoms with Crippen LogP contribution in [0.15, 0.2) is 65.7 Å². The molecule has 0 fully saturated rings. The molecule has 1 aliphatic carbocycles. The fourth-order valence-electron chi connectivity index (χ4n) is 3.54. The Labute approximate surface area is 186 Å². The number of para-hydroxylation sites is 1. The highest BCUT2D eigenvalue weighted by molar-refractivity contribution is 8.00. The topological polar surface area (TPSA) is 75.0 Å². The minimum absolute atomic E-state index is 0.137. The van der Waals surface area contributed by atoms with Gasteiger partial charge >= 0.3 is 0 Å². The molecule has 0 spiro atoms. The number of benzene rings is 2. The van der Waals surface area contributed by atoms with E-state index < -0.39 is 0 Å². The van der Waals surface area contributed by atoms with Gasteiger partial charge in [0.1, 0.15) is 22.6 Å². The van der Waals surface area contributed by atoms with Crippen molar-refractivity contribution in [1.29, 1.82) is 5.26 Å².